The van der Waals surface area contributed by atoms with E-state index in [2.05, 4.69) is 0 Å². The van der Waals surface area contributed by atoms with Crippen LogP contribution in [-0.4, -0.2) is 31.1 Å². The van der Waals surface area contributed by atoms with Gasteiger partial charge in [0, 0.05) is 13.6 Å². The minimum atomic E-state index is -0.527. The number of rotatable bonds is 6. The van der Waals surface area contributed by atoms with Gasteiger partial charge in [0.15, 0.2) is 6.10 Å². The molecule has 23 heavy (non-hydrogen) atoms. The highest BCUT2D eigenvalue weighted by Crippen LogP contribution is 2.16. The van der Waals surface area contributed by atoms with Crippen LogP contribution < -0.4 is 9.47 Å². The predicted molar refractivity (Wildman–Crippen MR) is 90.7 cm³/mol. The highest BCUT2D eigenvalue weighted by atomic mass is 16.5. The smallest absolute Gasteiger partial charge is 0.263 e. The zero-order chi connectivity index (χ0) is 16.8. The second-order valence-electron chi connectivity index (χ2n) is 5.62. The molecule has 122 valence electrons. The van der Waals surface area contributed by atoms with Crippen molar-refractivity contribution in [1.29, 1.82) is 0 Å². The van der Waals surface area contributed by atoms with Gasteiger partial charge in [-0.05, 0) is 43.7 Å². The maximum atomic E-state index is 12.4. The summed E-state index contributed by atoms with van der Waals surface area (Å²) in [5.74, 6) is 1.45. The molecule has 1 amide bonds. The molecule has 0 saturated heterocycles. The predicted octanol–water partition coefficient (Wildman–Crippen LogP) is 3.43. The average molecular weight is 313 g/mol. The van der Waals surface area contributed by atoms with Crippen LogP contribution in [0.3, 0.4) is 0 Å². The van der Waals surface area contributed by atoms with Gasteiger partial charge in [0.1, 0.15) is 11.5 Å². The molecule has 0 radical (unpaired) electrons. The molecule has 0 fully saturated rings. The minimum absolute atomic E-state index is 0.0543. The number of benzene rings is 2. The third-order valence-corrected chi connectivity index (χ3v) is 3.64. The largest absolute Gasteiger partial charge is 0.497 e. The van der Waals surface area contributed by atoms with Gasteiger partial charge in [-0.25, -0.2) is 0 Å². The Morgan fingerprint density at radius 1 is 1.04 bits per heavy atom. The van der Waals surface area contributed by atoms with Crippen molar-refractivity contribution in [1.82, 2.24) is 4.90 Å². The van der Waals surface area contributed by atoms with E-state index in [0.717, 1.165) is 16.9 Å². The number of carbonyl (C=O) groups excluding carboxylic acids is 1. The van der Waals surface area contributed by atoms with Crippen molar-refractivity contribution in [2.24, 2.45) is 0 Å². The molecule has 0 spiro atoms. The molecule has 0 aromatic heterocycles. The normalized spacial score (nSPS) is 11.7. The number of ether oxygens (including phenoxy) is 2. The summed E-state index contributed by atoms with van der Waals surface area (Å²) in [6, 6.07) is 15.4. The van der Waals surface area contributed by atoms with Crippen molar-refractivity contribution in [3.05, 3.63) is 59.7 Å². The van der Waals surface area contributed by atoms with E-state index in [-0.39, 0.29) is 5.91 Å². The van der Waals surface area contributed by atoms with Crippen molar-refractivity contribution < 1.29 is 14.3 Å². The van der Waals surface area contributed by atoms with Crippen molar-refractivity contribution in [3.63, 3.8) is 0 Å². The van der Waals surface area contributed by atoms with Gasteiger partial charge < -0.3 is 14.4 Å². The van der Waals surface area contributed by atoms with Crippen LogP contribution in [0.2, 0.25) is 0 Å². The van der Waals surface area contributed by atoms with E-state index in [1.165, 1.54) is 0 Å². The van der Waals surface area contributed by atoms with Crippen LogP contribution in [0.4, 0.5) is 0 Å². The van der Waals surface area contributed by atoms with Crippen LogP contribution in [0.15, 0.2) is 48.5 Å². The highest BCUT2D eigenvalue weighted by molar-refractivity contribution is 5.80. The van der Waals surface area contributed by atoms with Gasteiger partial charge in [-0.2, -0.15) is 0 Å². The van der Waals surface area contributed by atoms with E-state index in [9.17, 15) is 4.79 Å². The zero-order valence-corrected chi connectivity index (χ0v) is 14.1. The third-order valence-electron chi connectivity index (χ3n) is 3.64. The first-order valence-electron chi connectivity index (χ1n) is 7.61. The van der Waals surface area contributed by atoms with Crippen LogP contribution in [0.25, 0.3) is 0 Å². The van der Waals surface area contributed by atoms with Crippen LogP contribution in [-0.2, 0) is 11.3 Å². The number of likely N-dealkylation sites (N-methyl/N-ethyl adjacent to an activating group) is 1. The number of amides is 1. The lowest BCUT2D eigenvalue weighted by Crippen LogP contribution is -2.37. The van der Waals surface area contributed by atoms with Crippen LogP contribution in [0.1, 0.15) is 18.1 Å². The second kappa shape index (κ2) is 7.68. The fraction of sp³-hybridized carbons (Fsp3) is 0.316. The lowest BCUT2D eigenvalue weighted by Gasteiger charge is -2.22. The maximum absolute atomic E-state index is 12.4. The van der Waals surface area contributed by atoms with E-state index in [1.54, 1.807) is 26.0 Å². The molecule has 1 atom stereocenters. The highest BCUT2D eigenvalue weighted by Gasteiger charge is 2.19. The second-order valence-corrected chi connectivity index (χ2v) is 5.62. The molecule has 2 aromatic carbocycles. The topological polar surface area (TPSA) is 38.8 Å². The first-order valence-corrected chi connectivity index (χ1v) is 7.61. The van der Waals surface area contributed by atoms with Crippen LogP contribution >= 0.6 is 0 Å². The Labute approximate surface area is 137 Å². The molecule has 0 saturated carbocycles. The fourth-order valence-electron chi connectivity index (χ4n) is 2.26. The third kappa shape index (κ3) is 4.74. The molecule has 4 nitrogen and oxygen atoms in total. The van der Waals surface area contributed by atoms with Gasteiger partial charge in [0.2, 0.25) is 0 Å². The molecule has 0 bridgehead atoms. The zero-order valence-electron chi connectivity index (χ0n) is 14.1. The molecular weight excluding hydrogens is 290 g/mol. The summed E-state index contributed by atoms with van der Waals surface area (Å²) in [5.41, 5.74) is 2.21. The van der Waals surface area contributed by atoms with Gasteiger partial charge in [-0.15, -0.1) is 0 Å². The average Bonchev–Trinajstić information content (AvgIpc) is 2.56. The van der Waals surface area contributed by atoms with E-state index in [1.807, 2.05) is 55.5 Å². The molecular formula is C19H23NO3. The lowest BCUT2D eigenvalue weighted by atomic mass is 10.2. The Morgan fingerprint density at radius 3 is 2.17 bits per heavy atom. The quantitative estimate of drug-likeness (QED) is 0.820. The Hall–Kier alpha value is -2.49. The van der Waals surface area contributed by atoms with Crippen molar-refractivity contribution in [3.8, 4) is 11.5 Å². The van der Waals surface area contributed by atoms with Gasteiger partial charge in [-0.3, -0.25) is 4.79 Å². The number of nitrogens with zero attached hydrogens (tertiary/aromatic N) is 1. The summed E-state index contributed by atoms with van der Waals surface area (Å²) >= 11 is 0. The number of hydrogen-bond acceptors (Lipinski definition) is 3. The fourth-order valence-corrected chi connectivity index (χ4v) is 2.26. The summed E-state index contributed by atoms with van der Waals surface area (Å²) in [6.07, 6.45) is -0.527. The molecule has 0 heterocycles. The monoisotopic (exact) mass is 313 g/mol. The van der Waals surface area contributed by atoms with Crippen molar-refractivity contribution in [2.45, 2.75) is 26.5 Å². The molecule has 4 heteroatoms. The number of carbonyl (C=O) groups is 1. The van der Waals surface area contributed by atoms with Gasteiger partial charge in [-0.1, -0.05) is 29.8 Å². The van der Waals surface area contributed by atoms with Crippen molar-refractivity contribution >= 4 is 5.91 Å². The number of hydrogen-bond donors (Lipinski definition) is 0. The van der Waals surface area contributed by atoms with E-state index in [4.69, 9.17) is 9.47 Å². The first kappa shape index (κ1) is 16.9. The lowest BCUT2D eigenvalue weighted by molar-refractivity contribution is -0.137. The van der Waals surface area contributed by atoms with Gasteiger partial charge in [0.05, 0.1) is 7.11 Å². The SMILES string of the molecule is COc1ccc(CN(C)C(=O)C(C)Oc2ccc(C)cc2)cc1. The van der Waals surface area contributed by atoms with Crippen LogP contribution in [0.5, 0.6) is 11.5 Å². The van der Waals surface area contributed by atoms with E-state index < -0.39 is 6.10 Å². The van der Waals surface area contributed by atoms with Gasteiger partial charge >= 0.3 is 0 Å². The Bertz CT molecular complexity index is 635. The molecule has 2 aromatic rings. The van der Waals surface area contributed by atoms with Gasteiger partial charge in [0.25, 0.3) is 5.91 Å². The molecule has 0 aliphatic rings. The molecule has 0 aliphatic carbocycles. The van der Waals surface area contributed by atoms with E-state index >= 15 is 0 Å². The number of methoxy groups -OCH3 is 1. The summed E-state index contributed by atoms with van der Waals surface area (Å²) in [4.78, 5) is 14.1. The van der Waals surface area contributed by atoms with Crippen molar-refractivity contribution in [2.75, 3.05) is 14.2 Å². The molecule has 1 unspecified atom stereocenters. The summed E-state index contributed by atoms with van der Waals surface area (Å²) in [6.45, 7) is 4.32. The Kier molecular flexibility index (Phi) is 5.63. The standard InChI is InChI=1S/C19H23NO3/c1-14-5-9-18(10-6-14)23-15(2)19(21)20(3)13-16-7-11-17(22-4)12-8-16/h5-12,15H,13H2,1-4H3. The Morgan fingerprint density at radius 2 is 1.61 bits per heavy atom. The summed E-state index contributed by atoms with van der Waals surface area (Å²) < 4.78 is 10.8. The number of aryl methyl sites for hydroxylation is 1. The molecule has 2 rings (SSSR count). The summed E-state index contributed by atoms with van der Waals surface area (Å²) in [7, 11) is 3.41. The molecule has 0 N–H and O–H groups in total. The Balaban J connectivity index is 1.93. The summed E-state index contributed by atoms with van der Waals surface area (Å²) in [5, 5.41) is 0. The van der Waals surface area contributed by atoms with Crippen LogP contribution in [0, 0.1) is 6.92 Å². The molecule has 0 aliphatic heterocycles. The minimum Gasteiger partial charge on any atom is -0.497 e. The van der Waals surface area contributed by atoms with E-state index in [0.29, 0.717) is 12.3 Å². The first-order chi connectivity index (χ1) is 11.0. The maximum Gasteiger partial charge on any atom is 0.263 e.